The molecular weight excluding hydrogens is 373 g/mol. The van der Waals surface area contributed by atoms with Crippen LogP contribution in [0.3, 0.4) is 0 Å². The maximum Gasteiger partial charge on any atom is 0.530 e. The maximum atomic E-state index is 13.6. The second-order valence-electron chi connectivity index (χ2n) is 4.98. The Labute approximate surface area is 141 Å². The number of ether oxygens (including phenoxy) is 1. The molecular formula is C13H16F5NO5Si. The van der Waals surface area contributed by atoms with Gasteiger partial charge in [0.05, 0.1) is 0 Å². The molecule has 0 aliphatic heterocycles. The Balaban J connectivity index is 3.22. The zero-order chi connectivity index (χ0) is 19.5. The van der Waals surface area contributed by atoms with Gasteiger partial charge in [0, 0.05) is 20.3 Å². The number of benzene rings is 1. The van der Waals surface area contributed by atoms with Crippen LogP contribution in [0.2, 0.25) is 0 Å². The predicted octanol–water partition coefficient (Wildman–Crippen LogP) is 1.81. The van der Waals surface area contributed by atoms with Crippen molar-refractivity contribution in [2.24, 2.45) is 5.73 Å². The fraction of sp³-hybridized carbons (Fsp3) is 0.462. The Kier molecular flexibility index (Phi) is 7.02. The minimum atomic E-state index is -3.90. The van der Waals surface area contributed by atoms with Crippen LogP contribution < -0.4 is 10.5 Å². The molecule has 25 heavy (non-hydrogen) atoms. The summed E-state index contributed by atoms with van der Waals surface area (Å²) in [5.74, 6) is -14.9. The highest BCUT2D eigenvalue weighted by Gasteiger charge is 2.52. The van der Waals surface area contributed by atoms with Gasteiger partial charge in [-0.25, -0.2) is 18.0 Å². The topological polar surface area (TPSA) is 80.0 Å². The second-order valence-corrected chi connectivity index (χ2v) is 7.86. The van der Waals surface area contributed by atoms with E-state index in [9.17, 15) is 26.7 Å². The van der Waals surface area contributed by atoms with Gasteiger partial charge in [0.25, 0.3) is 0 Å². The molecule has 6 nitrogen and oxygen atoms in total. The van der Waals surface area contributed by atoms with Crippen molar-refractivity contribution in [2.75, 3.05) is 14.2 Å². The first-order valence-electron chi connectivity index (χ1n) is 6.79. The van der Waals surface area contributed by atoms with Gasteiger partial charge in [-0.2, -0.15) is 8.78 Å². The fourth-order valence-corrected chi connectivity index (χ4v) is 3.84. The summed E-state index contributed by atoms with van der Waals surface area (Å²) in [6.07, 6.45) is -0.514. The van der Waals surface area contributed by atoms with Crippen molar-refractivity contribution < 1.29 is 44.8 Å². The van der Waals surface area contributed by atoms with E-state index in [0.717, 1.165) is 14.2 Å². The highest BCUT2D eigenvalue weighted by molar-refractivity contribution is 6.66. The highest BCUT2D eigenvalue weighted by Crippen LogP contribution is 2.29. The van der Waals surface area contributed by atoms with Crippen LogP contribution in [-0.2, 0) is 18.1 Å². The molecule has 1 atom stereocenters. The lowest BCUT2D eigenvalue weighted by Gasteiger charge is -2.31. The number of hydrogen-bond donors (Lipinski definition) is 1. The monoisotopic (exact) mass is 389 g/mol. The van der Waals surface area contributed by atoms with Crippen molar-refractivity contribution in [3.8, 4) is 5.75 Å². The molecule has 0 aromatic heterocycles. The van der Waals surface area contributed by atoms with Crippen LogP contribution in [0.15, 0.2) is 0 Å². The summed E-state index contributed by atoms with van der Waals surface area (Å²) >= 11 is 0. The van der Waals surface area contributed by atoms with Gasteiger partial charge < -0.3 is 23.7 Å². The Bertz CT molecular complexity index is 627. The number of halogens is 5. The van der Waals surface area contributed by atoms with Crippen molar-refractivity contribution >= 4 is 14.8 Å². The standard InChI is InChI=1S/C13H16F5NO5Si/c1-5(2)24-25(21-3,22-4)12(19)13(20)23-11-9(17)7(15)6(14)8(16)10(11)18/h5,12H,19H2,1-4H3. The number of nitrogens with two attached hydrogens (primary N) is 1. The van der Waals surface area contributed by atoms with E-state index in [2.05, 4.69) is 4.74 Å². The van der Waals surface area contributed by atoms with E-state index >= 15 is 0 Å². The molecule has 1 rings (SSSR count). The Morgan fingerprint density at radius 3 is 1.68 bits per heavy atom. The third-order valence-electron chi connectivity index (χ3n) is 2.98. The summed E-state index contributed by atoms with van der Waals surface area (Å²) in [6, 6.07) is 0. The zero-order valence-electron chi connectivity index (χ0n) is 13.7. The van der Waals surface area contributed by atoms with Crippen molar-refractivity contribution in [1.82, 2.24) is 0 Å². The van der Waals surface area contributed by atoms with Crippen LogP contribution >= 0.6 is 0 Å². The molecule has 0 aliphatic carbocycles. The smallest absolute Gasteiger partial charge is 0.419 e. The van der Waals surface area contributed by atoms with Crippen molar-refractivity contribution in [2.45, 2.75) is 25.6 Å². The minimum Gasteiger partial charge on any atom is -0.419 e. The maximum absolute atomic E-state index is 13.6. The van der Waals surface area contributed by atoms with Crippen molar-refractivity contribution in [3.63, 3.8) is 0 Å². The van der Waals surface area contributed by atoms with Gasteiger partial charge in [-0.3, -0.25) is 0 Å². The number of hydrogen-bond acceptors (Lipinski definition) is 6. The lowest BCUT2D eigenvalue weighted by atomic mass is 10.2. The van der Waals surface area contributed by atoms with Gasteiger partial charge in [0.15, 0.2) is 5.67 Å². The molecule has 0 amide bonds. The van der Waals surface area contributed by atoms with Crippen molar-refractivity contribution in [3.05, 3.63) is 29.1 Å². The van der Waals surface area contributed by atoms with Crippen LogP contribution in [0.1, 0.15) is 13.8 Å². The van der Waals surface area contributed by atoms with Gasteiger partial charge in [-0.1, -0.05) is 0 Å². The molecule has 1 aromatic rings. The summed E-state index contributed by atoms with van der Waals surface area (Å²) in [7, 11) is -1.67. The first kappa shape index (κ1) is 21.4. The molecule has 0 aliphatic rings. The van der Waals surface area contributed by atoms with Crippen LogP contribution in [-0.4, -0.2) is 40.8 Å². The summed E-state index contributed by atoms with van der Waals surface area (Å²) in [6.45, 7) is 3.14. The normalized spacial score (nSPS) is 13.2. The SMILES string of the molecule is CO[Si](OC)(OC(C)C)C(N)C(=O)Oc1c(F)c(F)c(F)c(F)c1F. The summed E-state index contributed by atoms with van der Waals surface area (Å²) in [4.78, 5) is 12.0. The van der Waals surface area contributed by atoms with E-state index in [1.165, 1.54) is 0 Å². The Morgan fingerprint density at radius 2 is 1.32 bits per heavy atom. The molecule has 0 saturated carbocycles. The molecule has 0 spiro atoms. The molecule has 0 saturated heterocycles. The summed E-state index contributed by atoms with van der Waals surface area (Å²) in [5, 5.41) is 0. The number of carbonyl (C=O) groups excluding carboxylic acids is 1. The minimum absolute atomic E-state index is 0.514. The lowest BCUT2D eigenvalue weighted by molar-refractivity contribution is -0.136. The first-order valence-corrected chi connectivity index (χ1v) is 8.59. The first-order chi connectivity index (χ1) is 11.5. The van der Waals surface area contributed by atoms with Crippen molar-refractivity contribution in [1.29, 1.82) is 0 Å². The molecule has 1 aromatic carbocycles. The fourth-order valence-electron chi connectivity index (χ4n) is 1.82. The third-order valence-corrected chi connectivity index (χ3v) is 5.91. The van der Waals surface area contributed by atoms with Gasteiger partial charge >= 0.3 is 14.8 Å². The van der Waals surface area contributed by atoms with Crippen LogP contribution in [0.5, 0.6) is 5.75 Å². The quantitative estimate of drug-likeness (QED) is 0.191. The van der Waals surface area contributed by atoms with Gasteiger partial charge in [-0.15, -0.1) is 0 Å². The van der Waals surface area contributed by atoms with Crippen LogP contribution in [0.25, 0.3) is 0 Å². The van der Waals surface area contributed by atoms with E-state index in [1.807, 2.05) is 0 Å². The van der Waals surface area contributed by atoms with E-state index < -0.39 is 61.4 Å². The van der Waals surface area contributed by atoms with E-state index in [-0.39, 0.29) is 0 Å². The molecule has 0 bridgehead atoms. The van der Waals surface area contributed by atoms with Crippen LogP contribution in [0.4, 0.5) is 22.0 Å². The number of esters is 1. The van der Waals surface area contributed by atoms with Gasteiger partial charge in [-0.05, 0) is 13.8 Å². The van der Waals surface area contributed by atoms with E-state index in [1.54, 1.807) is 13.8 Å². The average molecular weight is 389 g/mol. The Hall–Kier alpha value is -1.60. The Morgan fingerprint density at radius 1 is 0.920 bits per heavy atom. The molecule has 0 fully saturated rings. The van der Waals surface area contributed by atoms with Crippen LogP contribution in [0, 0.1) is 29.1 Å². The molecule has 142 valence electrons. The number of carbonyl (C=O) groups is 1. The average Bonchev–Trinajstić information content (AvgIpc) is 2.58. The third kappa shape index (κ3) is 4.15. The van der Waals surface area contributed by atoms with E-state index in [0.29, 0.717) is 0 Å². The predicted molar refractivity (Wildman–Crippen MR) is 75.8 cm³/mol. The lowest BCUT2D eigenvalue weighted by Crippen LogP contribution is -2.64. The molecule has 0 heterocycles. The number of rotatable bonds is 7. The molecule has 0 radical (unpaired) electrons. The summed E-state index contributed by atoms with van der Waals surface area (Å²) in [5.41, 5.74) is 3.82. The summed E-state index contributed by atoms with van der Waals surface area (Å²) < 4.78 is 86.1. The van der Waals surface area contributed by atoms with Gasteiger partial charge in [0.2, 0.25) is 34.8 Å². The molecule has 1 unspecified atom stereocenters. The molecule has 2 N–H and O–H groups in total. The largest absolute Gasteiger partial charge is 0.530 e. The molecule has 12 heteroatoms. The second kappa shape index (κ2) is 8.18. The highest BCUT2D eigenvalue weighted by atomic mass is 28.4. The van der Waals surface area contributed by atoms with E-state index in [4.69, 9.17) is 19.0 Å². The van der Waals surface area contributed by atoms with Gasteiger partial charge in [0.1, 0.15) is 0 Å². The zero-order valence-corrected chi connectivity index (χ0v) is 14.7.